The number of ether oxygens (including phenoxy) is 1. The molecule has 0 saturated heterocycles. The second kappa shape index (κ2) is 6.41. The Bertz CT molecular complexity index is 363. The second-order valence-electron chi connectivity index (χ2n) is 6.38. The molecule has 1 fully saturated rings. The Hall–Kier alpha value is -1.33. The van der Waals surface area contributed by atoms with Crippen molar-refractivity contribution in [2.75, 3.05) is 13.2 Å². The molecule has 0 spiro atoms. The van der Waals surface area contributed by atoms with E-state index in [1.807, 2.05) is 0 Å². The second-order valence-corrected chi connectivity index (χ2v) is 6.38. The Labute approximate surface area is 118 Å². The third-order valence-electron chi connectivity index (χ3n) is 3.49. The zero-order valence-corrected chi connectivity index (χ0v) is 12.4. The van der Waals surface area contributed by atoms with E-state index < -0.39 is 29.8 Å². The molecule has 0 aromatic carbocycles. The van der Waals surface area contributed by atoms with Crippen LogP contribution in [0.25, 0.3) is 0 Å². The summed E-state index contributed by atoms with van der Waals surface area (Å²) in [6.45, 7) is 4.65. The number of hydrogen-bond acceptors (Lipinski definition) is 3. The average Bonchev–Trinajstić information content (AvgIpc) is 3.11. The van der Waals surface area contributed by atoms with Gasteiger partial charge in [-0.2, -0.15) is 0 Å². The van der Waals surface area contributed by atoms with E-state index in [1.54, 1.807) is 20.8 Å². The van der Waals surface area contributed by atoms with Gasteiger partial charge in [0.1, 0.15) is 5.60 Å². The number of aliphatic carboxylic acids is 1. The maximum atomic E-state index is 12.4. The van der Waals surface area contributed by atoms with Gasteiger partial charge < -0.3 is 15.2 Å². The van der Waals surface area contributed by atoms with E-state index >= 15 is 0 Å². The van der Waals surface area contributed by atoms with Crippen LogP contribution in [0.3, 0.4) is 0 Å². The molecule has 1 rings (SSSR count). The monoisotopic (exact) mass is 289 g/mol. The highest BCUT2D eigenvalue weighted by Crippen LogP contribution is 2.48. The first kappa shape index (κ1) is 16.7. The molecule has 0 aliphatic heterocycles. The van der Waals surface area contributed by atoms with Crippen molar-refractivity contribution >= 4 is 12.1 Å². The molecule has 0 aromatic rings. The number of halogens is 1. The molecule has 5 nitrogen and oxygen atoms in total. The van der Waals surface area contributed by atoms with Crippen molar-refractivity contribution in [2.45, 2.75) is 52.1 Å². The number of amides is 1. The van der Waals surface area contributed by atoms with Crippen LogP contribution in [0, 0.1) is 11.3 Å². The standard InChI is InChI=1S/C14H24FNO4/c1-13(2,3)20-12(19)16-9-14(11(17)18,7-4-8-15)10-5-6-10/h10H,4-9H2,1-3H3,(H,16,19)(H,17,18). The molecule has 1 aliphatic carbocycles. The van der Waals surface area contributed by atoms with Gasteiger partial charge in [0.05, 0.1) is 12.1 Å². The molecule has 1 atom stereocenters. The van der Waals surface area contributed by atoms with Gasteiger partial charge >= 0.3 is 12.1 Å². The van der Waals surface area contributed by atoms with Crippen LogP contribution in [-0.4, -0.2) is 36.0 Å². The molecule has 0 aromatic heterocycles. The number of hydrogen-bond donors (Lipinski definition) is 2. The molecule has 1 aliphatic rings. The lowest BCUT2D eigenvalue weighted by Gasteiger charge is -2.30. The third-order valence-corrected chi connectivity index (χ3v) is 3.49. The van der Waals surface area contributed by atoms with Gasteiger partial charge in [-0.3, -0.25) is 9.18 Å². The van der Waals surface area contributed by atoms with Gasteiger partial charge in [-0.15, -0.1) is 0 Å². The summed E-state index contributed by atoms with van der Waals surface area (Å²) in [5.74, 6) is -0.953. The smallest absolute Gasteiger partial charge is 0.407 e. The molecule has 1 unspecified atom stereocenters. The normalized spacial score (nSPS) is 18.2. The van der Waals surface area contributed by atoms with Crippen LogP contribution >= 0.6 is 0 Å². The van der Waals surface area contributed by atoms with Crippen molar-refractivity contribution in [3.05, 3.63) is 0 Å². The Morgan fingerprint density at radius 3 is 2.35 bits per heavy atom. The molecule has 0 heterocycles. The van der Waals surface area contributed by atoms with Gasteiger partial charge in [-0.05, 0) is 52.4 Å². The fourth-order valence-corrected chi connectivity index (χ4v) is 2.36. The molecule has 0 radical (unpaired) electrons. The maximum Gasteiger partial charge on any atom is 0.407 e. The van der Waals surface area contributed by atoms with Gasteiger partial charge in [0.2, 0.25) is 0 Å². The minimum Gasteiger partial charge on any atom is -0.481 e. The fraction of sp³-hybridized carbons (Fsp3) is 0.857. The van der Waals surface area contributed by atoms with Crippen LogP contribution in [0.2, 0.25) is 0 Å². The highest BCUT2D eigenvalue weighted by molar-refractivity contribution is 5.77. The summed E-state index contributed by atoms with van der Waals surface area (Å²) in [4.78, 5) is 23.2. The van der Waals surface area contributed by atoms with Crippen molar-refractivity contribution in [3.63, 3.8) is 0 Å². The number of rotatable bonds is 7. The predicted molar refractivity (Wildman–Crippen MR) is 72.2 cm³/mol. The summed E-state index contributed by atoms with van der Waals surface area (Å²) in [6, 6.07) is 0. The minimum atomic E-state index is -1.07. The predicted octanol–water partition coefficient (Wildman–Crippen LogP) is 2.74. The lowest BCUT2D eigenvalue weighted by atomic mass is 9.78. The Kier molecular flexibility index (Phi) is 5.36. The van der Waals surface area contributed by atoms with Crippen molar-refractivity contribution in [1.29, 1.82) is 0 Å². The van der Waals surface area contributed by atoms with Crippen LogP contribution in [0.5, 0.6) is 0 Å². The molecular formula is C14H24FNO4. The molecule has 1 saturated carbocycles. The van der Waals surface area contributed by atoms with Crippen LogP contribution in [0.4, 0.5) is 9.18 Å². The Balaban J connectivity index is 2.65. The number of carboxylic acids is 1. The summed E-state index contributed by atoms with van der Waals surface area (Å²) in [5.41, 5.74) is -1.70. The molecule has 116 valence electrons. The van der Waals surface area contributed by atoms with Gasteiger partial charge in [0.15, 0.2) is 0 Å². The van der Waals surface area contributed by atoms with Crippen molar-refractivity contribution in [1.82, 2.24) is 5.32 Å². The molecular weight excluding hydrogens is 265 g/mol. The average molecular weight is 289 g/mol. The quantitative estimate of drug-likeness (QED) is 0.755. The number of carbonyl (C=O) groups excluding carboxylic acids is 1. The molecule has 2 N–H and O–H groups in total. The van der Waals surface area contributed by atoms with Crippen molar-refractivity contribution in [2.24, 2.45) is 11.3 Å². The van der Waals surface area contributed by atoms with Gasteiger partial charge in [0, 0.05) is 6.54 Å². The fourth-order valence-electron chi connectivity index (χ4n) is 2.36. The molecule has 1 amide bonds. The van der Waals surface area contributed by atoms with Crippen molar-refractivity contribution < 1.29 is 23.8 Å². The van der Waals surface area contributed by atoms with Gasteiger partial charge in [0.25, 0.3) is 0 Å². The van der Waals surface area contributed by atoms with E-state index in [1.165, 1.54) is 0 Å². The zero-order valence-electron chi connectivity index (χ0n) is 12.4. The van der Waals surface area contributed by atoms with Gasteiger partial charge in [-0.25, -0.2) is 4.79 Å². The number of carbonyl (C=O) groups is 2. The third kappa shape index (κ3) is 4.65. The largest absolute Gasteiger partial charge is 0.481 e. The summed E-state index contributed by atoms with van der Waals surface area (Å²) in [5, 5.41) is 12.0. The lowest BCUT2D eigenvalue weighted by Crippen LogP contribution is -2.46. The van der Waals surface area contributed by atoms with Crippen LogP contribution in [0.15, 0.2) is 0 Å². The Morgan fingerprint density at radius 2 is 1.95 bits per heavy atom. The number of carboxylic acid groups (broad SMARTS) is 1. The SMILES string of the molecule is CC(C)(C)OC(=O)NCC(CCCF)(C(=O)O)C1CC1. The highest BCUT2D eigenvalue weighted by Gasteiger charge is 2.50. The molecule has 20 heavy (non-hydrogen) atoms. The van der Waals surface area contributed by atoms with E-state index in [-0.39, 0.29) is 25.3 Å². The summed E-state index contributed by atoms with van der Waals surface area (Å²) in [6.07, 6.45) is 1.42. The number of alkyl halides is 1. The summed E-state index contributed by atoms with van der Waals surface area (Å²) in [7, 11) is 0. The number of alkyl carbamates (subject to hydrolysis) is 1. The molecule has 6 heteroatoms. The topological polar surface area (TPSA) is 75.6 Å². The summed E-state index contributed by atoms with van der Waals surface area (Å²) >= 11 is 0. The number of nitrogens with one attached hydrogen (secondary N) is 1. The molecule has 0 bridgehead atoms. The van der Waals surface area contributed by atoms with Crippen LogP contribution in [-0.2, 0) is 9.53 Å². The zero-order chi connectivity index (χ0) is 15.4. The van der Waals surface area contributed by atoms with Crippen molar-refractivity contribution in [3.8, 4) is 0 Å². The maximum absolute atomic E-state index is 12.4. The Morgan fingerprint density at radius 1 is 1.35 bits per heavy atom. The minimum absolute atomic E-state index is 0.0120. The van der Waals surface area contributed by atoms with E-state index in [9.17, 15) is 19.1 Å². The lowest BCUT2D eigenvalue weighted by molar-refractivity contribution is -0.150. The van der Waals surface area contributed by atoms with Crippen LogP contribution < -0.4 is 5.32 Å². The van der Waals surface area contributed by atoms with Gasteiger partial charge in [-0.1, -0.05) is 0 Å². The summed E-state index contributed by atoms with van der Waals surface area (Å²) < 4.78 is 17.5. The highest BCUT2D eigenvalue weighted by atomic mass is 19.1. The van der Waals surface area contributed by atoms with E-state index in [4.69, 9.17) is 4.74 Å². The van der Waals surface area contributed by atoms with Crippen LogP contribution in [0.1, 0.15) is 46.5 Å². The van der Waals surface area contributed by atoms with E-state index in [0.29, 0.717) is 0 Å². The van der Waals surface area contributed by atoms with E-state index in [0.717, 1.165) is 12.8 Å². The first-order valence-corrected chi connectivity index (χ1v) is 6.97. The first-order chi connectivity index (χ1) is 9.21. The first-order valence-electron chi connectivity index (χ1n) is 6.97. The van der Waals surface area contributed by atoms with E-state index in [2.05, 4.69) is 5.32 Å².